The predicted octanol–water partition coefficient (Wildman–Crippen LogP) is 1.30. The van der Waals surface area contributed by atoms with Gasteiger partial charge in [0.25, 0.3) is 0 Å². The van der Waals surface area contributed by atoms with Crippen molar-refractivity contribution in [2.24, 2.45) is 0 Å². The van der Waals surface area contributed by atoms with E-state index in [0.29, 0.717) is 17.1 Å². The highest BCUT2D eigenvalue weighted by Gasteiger charge is 2.43. The summed E-state index contributed by atoms with van der Waals surface area (Å²) >= 11 is 0. The Balaban J connectivity index is 2.59. The molecule has 0 amide bonds. The summed E-state index contributed by atoms with van der Waals surface area (Å²) in [4.78, 5) is 10.8. The van der Waals surface area contributed by atoms with E-state index in [1.54, 1.807) is 0 Å². The maximum Gasteiger partial charge on any atom is 0.402 e. The van der Waals surface area contributed by atoms with Gasteiger partial charge in [-0.15, -0.1) is 0 Å². The summed E-state index contributed by atoms with van der Waals surface area (Å²) in [5, 5.41) is 0. The van der Waals surface area contributed by atoms with Crippen LogP contribution in [0, 0.1) is 0 Å². The number of sulfonamides is 1. The predicted molar refractivity (Wildman–Crippen MR) is 60.8 cm³/mol. The van der Waals surface area contributed by atoms with Crippen LogP contribution in [0.1, 0.15) is 25.7 Å². The number of methoxy groups -OCH3 is 1. The second-order valence-corrected chi connectivity index (χ2v) is 6.43. The molecule has 112 valence electrons. The van der Waals surface area contributed by atoms with Crippen LogP contribution in [-0.4, -0.2) is 50.3 Å². The minimum atomic E-state index is -4.56. The third-order valence-corrected chi connectivity index (χ3v) is 4.60. The van der Waals surface area contributed by atoms with Gasteiger partial charge in [-0.2, -0.15) is 17.5 Å². The van der Waals surface area contributed by atoms with Crippen molar-refractivity contribution in [2.45, 2.75) is 37.9 Å². The summed E-state index contributed by atoms with van der Waals surface area (Å²) in [6.45, 7) is -1.46. The number of hydrogen-bond acceptors (Lipinski definition) is 4. The monoisotopic (exact) mass is 303 g/mol. The molecule has 0 unspecified atom stereocenters. The molecular weight excluding hydrogens is 287 g/mol. The molecule has 9 heteroatoms. The van der Waals surface area contributed by atoms with Crippen molar-refractivity contribution in [3.63, 3.8) is 0 Å². The van der Waals surface area contributed by atoms with Crippen molar-refractivity contribution in [3.8, 4) is 0 Å². The van der Waals surface area contributed by atoms with Crippen molar-refractivity contribution in [3.05, 3.63) is 0 Å². The molecule has 0 radical (unpaired) electrons. The summed E-state index contributed by atoms with van der Waals surface area (Å²) in [6.07, 6.45) is -3.83. The molecule has 0 aliphatic heterocycles. The summed E-state index contributed by atoms with van der Waals surface area (Å²) in [5.74, 6) is -1.06. The Bertz CT molecular complexity index is 417. The average molecular weight is 303 g/mol. The molecule has 1 aliphatic carbocycles. The van der Waals surface area contributed by atoms with Crippen molar-refractivity contribution >= 4 is 16.0 Å². The van der Waals surface area contributed by atoms with Gasteiger partial charge in [-0.05, 0) is 19.3 Å². The van der Waals surface area contributed by atoms with Gasteiger partial charge in [0.1, 0.15) is 6.54 Å². The van der Waals surface area contributed by atoms with Crippen molar-refractivity contribution in [1.29, 1.82) is 0 Å². The van der Waals surface area contributed by atoms with Crippen LogP contribution in [0.5, 0.6) is 0 Å². The van der Waals surface area contributed by atoms with Gasteiger partial charge in [-0.25, -0.2) is 8.42 Å². The second-order valence-electron chi connectivity index (χ2n) is 4.39. The molecule has 0 heterocycles. The number of carbonyl (C=O) groups is 1. The molecule has 0 atom stereocenters. The number of ether oxygens (including phenoxy) is 1. The third-order valence-electron chi connectivity index (χ3n) is 2.66. The zero-order chi connectivity index (χ0) is 14.7. The number of carbonyl (C=O) groups excluding carboxylic acids is 1. The number of halogens is 3. The number of rotatable bonds is 7. The molecule has 0 saturated heterocycles. The van der Waals surface area contributed by atoms with Crippen LogP contribution in [0.2, 0.25) is 0 Å². The highest BCUT2D eigenvalue weighted by Crippen LogP contribution is 2.32. The molecule has 0 aromatic carbocycles. The van der Waals surface area contributed by atoms with E-state index in [-0.39, 0.29) is 12.8 Å². The van der Waals surface area contributed by atoms with Gasteiger partial charge < -0.3 is 4.74 Å². The van der Waals surface area contributed by atoms with Gasteiger partial charge in [0.15, 0.2) is 0 Å². The summed E-state index contributed by atoms with van der Waals surface area (Å²) < 4.78 is 65.6. The number of esters is 1. The van der Waals surface area contributed by atoms with E-state index in [1.165, 1.54) is 0 Å². The Morgan fingerprint density at radius 2 is 1.95 bits per heavy atom. The fraction of sp³-hybridized carbons (Fsp3) is 0.900. The standard InChI is InChI=1S/C10H16F3NO4S/c1-18-9(15)3-2-6-19(16,17)14(8-4-5-8)7-10(11,12)13/h8H,2-7H2,1H3. The SMILES string of the molecule is COC(=O)CCCS(=O)(=O)N(CC(F)(F)F)C1CC1. The Kier molecular flexibility index (Phi) is 5.19. The molecular formula is C10H16F3NO4S. The van der Waals surface area contributed by atoms with Crippen molar-refractivity contribution < 1.29 is 31.1 Å². The third kappa shape index (κ3) is 5.77. The lowest BCUT2D eigenvalue weighted by atomic mass is 10.3. The fourth-order valence-corrected chi connectivity index (χ4v) is 3.36. The zero-order valence-electron chi connectivity index (χ0n) is 10.4. The Morgan fingerprint density at radius 1 is 1.37 bits per heavy atom. The number of hydrogen-bond donors (Lipinski definition) is 0. The van der Waals surface area contributed by atoms with Crippen LogP contribution in [-0.2, 0) is 19.6 Å². The number of nitrogens with zero attached hydrogens (tertiary/aromatic N) is 1. The van der Waals surface area contributed by atoms with Crippen molar-refractivity contribution in [2.75, 3.05) is 19.4 Å². The molecule has 1 fully saturated rings. The Labute approximate surface area is 109 Å². The molecule has 0 N–H and O–H groups in total. The van der Waals surface area contributed by atoms with E-state index in [4.69, 9.17) is 0 Å². The quantitative estimate of drug-likeness (QED) is 0.665. The van der Waals surface area contributed by atoms with Gasteiger partial charge in [0, 0.05) is 12.5 Å². The fourth-order valence-electron chi connectivity index (χ4n) is 1.61. The topological polar surface area (TPSA) is 63.7 Å². The summed E-state index contributed by atoms with van der Waals surface area (Å²) in [6, 6.07) is -0.551. The molecule has 0 bridgehead atoms. The Morgan fingerprint density at radius 3 is 2.37 bits per heavy atom. The van der Waals surface area contributed by atoms with E-state index in [2.05, 4.69) is 4.74 Å². The molecule has 19 heavy (non-hydrogen) atoms. The lowest BCUT2D eigenvalue weighted by Crippen LogP contribution is -2.41. The van der Waals surface area contributed by atoms with Crippen LogP contribution in [0.3, 0.4) is 0 Å². The van der Waals surface area contributed by atoms with Crippen LogP contribution in [0.25, 0.3) is 0 Å². The van der Waals surface area contributed by atoms with Gasteiger partial charge in [0.05, 0.1) is 12.9 Å². The van der Waals surface area contributed by atoms with Gasteiger partial charge in [-0.1, -0.05) is 0 Å². The molecule has 5 nitrogen and oxygen atoms in total. The Hall–Kier alpha value is -0.830. The zero-order valence-corrected chi connectivity index (χ0v) is 11.3. The van der Waals surface area contributed by atoms with E-state index < -0.39 is 40.5 Å². The van der Waals surface area contributed by atoms with E-state index >= 15 is 0 Å². The summed E-state index contributed by atoms with van der Waals surface area (Å²) in [5.41, 5.74) is 0. The van der Waals surface area contributed by atoms with E-state index in [9.17, 15) is 26.4 Å². The lowest BCUT2D eigenvalue weighted by molar-refractivity contribution is -0.140. The van der Waals surface area contributed by atoms with Crippen LogP contribution >= 0.6 is 0 Å². The lowest BCUT2D eigenvalue weighted by Gasteiger charge is -2.22. The number of alkyl halides is 3. The molecule has 1 aliphatic rings. The first-order valence-electron chi connectivity index (χ1n) is 5.79. The first-order chi connectivity index (χ1) is 8.65. The highest BCUT2D eigenvalue weighted by molar-refractivity contribution is 7.89. The average Bonchev–Trinajstić information content (AvgIpc) is 3.07. The maximum atomic E-state index is 12.3. The summed E-state index contributed by atoms with van der Waals surface area (Å²) in [7, 11) is -2.83. The normalized spacial score (nSPS) is 16.7. The minimum Gasteiger partial charge on any atom is -0.469 e. The molecule has 0 spiro atoms. The van der Waals surface area contributed by atoms with Crippen LogP contribution in [0.4, 0.5) is 13.2 Å². The van der Waals surface area contributed by atoms with Crippen LogP contribution in [0.15, 0.2) is 0 Å². The molecule has 0 aromatic rings. The minimum absolute atomic E-state index is 0.0456. The first-order valence-corrected chi connectivity index (χ1v) is 7.40. The largest absolute Gasteiger partial charge is 0.469 e. The molecule has 1 rings (SSSR count). The van der Waals surface area contributed by atoms with Gasteiger partial charge in [0.2, 0.25) is 10.0 Å². The smallest absolute Gasteiger partial charge is 0.402 e. The van der Waals surface area contributed by atoms with E-state index in [1.807, 2.05) is 0 Å². The van der Waals surface area contributed by atoms with Gasteiger partial charge in [-0.3, -0.25) is 4.79 Å². The molecule has 1 saturated carbocycles. The van der Waals surface area contributed by atoms with Crippen LogP contribution < -0.4 is 0 Å². The molecule has 0 aromatic heterocycles. The van der Waals surface area contributed by atoms with Gasteiger partial charge >= 0.3 is 12.1 Å². The maximum absolute atomic E-state index is 12.3. The highest BCUT2D eigenvalue weighted by atomic mass is 32.2. The first kappa shape index (κ1) is 16.2. The van der Waals surface area contributed by atoms with E-state index in [0.717, 1.165) is 7.11 Å². The van der Waals surface area contributed by atoms with Crippen molar-refractivity contribution in [1.82, 2.24) is 4.31 Å². The second kappa shape index (κ2) is 6.08.